The highest BCUT2D eigenvalue weighted by atomic mass is 32.1. The lowest BCUT2D eigenvalue weighted by Gasteiger charge is -2.37. The number of hydrogen-bond donors (Lipinski definition) is 0. The second-order valence-electron chi connectivity index (χ2n) is 7.53. The van der Waals surface area contributed by atoms with Crippen molar-refractivity contribution in [3.8, 4) is 5.75 Å². The summed E-state index contributed by atoms with van der Waals surface area (Å²) in [6.45, 7) is 10.2. The quantitative estimate of drug-likeness (QED) is 0.667. The average Bonchev–Trinajstić information content (AvgIpc) is 2.96. The van der Waals surface area contributed by atoms with Crippen molar-refractivity contribution in [1.82, 2.24) is 19.9 Å². The summed E-state index contributed by atoms with van der Waals surface area (Å²) >= 11 is 1.70. The van der Waals surface area contributed by atoms with Crippen LogP contribution in [0.15, 0.2) is 24.3 Å². The number of rotatable bonds is 4. The second kappa shape index (κ2) is 7.52. The molecular formula is C21H26N4OS. The molecule has 0 unspecified atom stereocenters. The van der Waals surface area contributed by atoms with Crippen molar-refractivity contribution >= 4 is 21.7 Å². The smallest absolute Gasteiger partial charge is 0.170 e. The Labute approximate surface area is 164 Å². The van der Waals surface area contributed by atoms with Gasteiger partial charge in [-0.3, -0.25) is 9.88 Å². The van der Waals surface area contributed by atoms with Crippen LogP contribution in [-0.4, -0.2) is 38.5 Å². The van der Waals surface area contributed by atoms with Crippen LogP contribution < -0.4 is 4.74 Å². The van der Waals surface area contributed by atoms with Crippen LogP contribution in [0.1, 0.15) is 41.9 Å². The molecule has 0 bridgehead atoms. The summed E-state index contributed by atoms with van der Waals surface area (Å²) in [5.74, 6) is 0.941. The van der Waals surface area contributed by atoms with Gasteiger partial charge in [0.25, 0.3) is 0 Å². The SMILES string of the molecule is Cc1cc(O[C@H]2CCN(Cc3ccc4sc(C)nc4n3)[C@@H](C)C2)cc(C)n1. The Bertz CT molecular complexity index is 934. The summed E-state index contributed by atoms with van der Waals surface area (Å²) in [4.78, 5) is 16.2. The molecule has 4 heterocycles. The van der Waals surface area contributed by atoms with E-state index in [0.29, 0.717) is 6.04 Å². The van der Waals surface area contributed by atoms with Gasteiger partial charge in [0.15, 0.2) is 5.65 Å². The van der Waals surface area contributed by atoms with Crippen molar-refractivity contribution in [2.75, 3.05) is 6.54 Å². The molecule has 0 radical (unpaired) electrons. The van der Waals surface area contributed by atoms with Gasteiger partial charge in [0, 0.05) is 42.7 Å². The molecule has 3 aromatic heterocycles. The fourth-order valence-electron chi connectivity index (χ4n) is 3.84. The molecular weight excluding hydrogens is 356 g/mol. The summed E-state index contributed by atoms with van der Waals surface area (Å²) < 4.78 is 7.42. The Morgan fingerprint density at radius 2 is 1.89 bits per heavy atom. The third kappa shape index (κ3) is 4.28. The van der Waals surface area contributed by atoms with Crippen LogP contribution in [0.25, 0.3) is 10.3 Å². The number of pyridine rings is 2. The molecule has 0 aliphatic carbocycles. The van der Waals surface area contributed by atoms with Crippen molar-refractivity contribution in [1.29, 1.82) is 0 Å². The minimum atomic E-state index is 0.258. The number of aryl methyl sites for hydroxylation is 3. The molecule has 0 aromatic carbocycles. The minimum absolute atomic E-state index is 0.258. The zero-order chi connectivity index (χ0) is 19.0. The Kier molecular flexibility index (Phi) is 5.10. The number of hydrogen-bond acceptors (Lipinski definition) is 6. The summed E-state index contributed by atoms with van der Waals surface area (Å²) in [6.07, 6.45) is 2.32. The maximum Gasteiger partial charge on any atom is 0.170 e. The van der Waals surface area contributed by atoms with Gasteiger partial charge in [0.2, 0.25) is 0 Å². The highest BCUT2D eigenvalue weighted by Crippen LogP contribution is 2.26. The van der Waals surface area contributed by atoms with Gasteiger partial charge in [0.1, 0.15) is 11.9 Å². The molecule has 0 saturated carbocycles. The Morgan fingerprint density at radius 3 is 2.63 bits per heavy atom. The zero-order valence-electron chi connectivity index (χ0n) is 16.4. The van der Waals surface area contributed by atoms with E-state index in [2.05, 4.69) is 33.9 Å². The Morgan fingerprint density at radius 1 is 1.11 bits per heavy atom. The molecule has 0 amide bonds. The number of ether oxygens (including phenoxy) is 1. The minimum Gasteiger partial charge on any atom is -0.490 e. The van der Waals surface area contributed by atoms with E-state index in [1.165, 1.54) is 4.70 Å². The number of fused-ring (bicyclic) bond motifs is 1. The van der Waals surface area contributed by atoms with Gasteiger partial charge in [-0.15, -0.1) is 11.3 Å². The maximum atomic E-state index is 6.26. The molecule has 1 fully saturated rings. The van der Waals surface area contributed by atoms with Crippen molar-refractivity contribution < 1.29 is 4.74 Å². The van der Waals surface area contributed by atoms with Crippen LogP contribution in [0.2, 0.25) is 0 Å². The molecule has 6 heteroatoms. The molecule has 0 spiro atoms. The van der Waals surface area contributed by atoms with Gasteiger partial charge in [-0.2, -0.15) is 0 Å². The lowest BCUT2D eigenvalue weighted by Crippen LogP contribution is -2.44. The molecule has 3 aromatic rings. The van der Waals surface area contributed by atoms with Crippen LogP contribution in [0.3, 0.4) is 0 Å². The molecule has 5 nitrogen and oxygen atoms in total. The van der Waals surface area contributed by atoms with Gasteiger partial charge in [-0.05, 0) is 52.7 Å². The average molecular weight is 383 g/mol. The van der Waals surface area contributed by atoms with E-state index in [-0.39, 0.29) is 6.10 Å². The number of nitrogens with zero attached hydrogens (tertiary/aromatic N) is 4. The zero-order valence-corrected chi connectivity index (χ0v) is 17.2. The van der Waals surface area contributed by atoms with E-state index in [0.717, 1.165) is 59.4 Å². The number of thiazole rings is 1. The van der Waals surface area contributed by atoms with Crippen molar-refractivity contribution in [2.24, 2.45) is 0 Å². The Hall–Kier alpha value is -2.05. The van der Waals surface area contributed by atoms with E-state index in [4.69, 9.17) is 9.72 Å². The first-order chi connectivity index (χ1) is 13.0. The van der Waals surface area contributed by atoms with Gasteiger partial charge in [0.05, 0.1) is 15.4 Å². The third-order valence-corrected chi connectivity index (χ3v) is 6.03. The van der Waals surface area contributed by atoms with E-state index in [9.17, 15) is 0 Å². The molecule has 4 rings (SSSR count). The first-order valence-electron chi connectivity index (χ1n) is 9.55. The molecule has 142 valence electrons. The van der Waals surface area contributed by atoms with E-state index in [1.807, 2.05) is 32.9 Å². The summed E-state index contributed by atoms with van der Waals surface area (Å²) in [5.41, 5.74) is 3.99. The van der Waals surface area contributed by atoms with Crippen molar-refractivity contribution in [3.63, 3.8) is 0 Å². The predicted molar refractivity (Wildman–Crippen MR) is 109 cm³/mol. The van der Waals surface area contributed by atoms with Crippen LogP contribution in [-0.2, 0) is 6.54 Å². The molecule has 1 aliphatic rings. The second-order valence-corrected chi connectivity index (χ2v) is 8.76. The molecule has 1 aliphatic heterocycles. The van der Waals surface area contributed by atoms with Crippen LogP contribution >= 0.6 is 11.3 Å². The first kappa shape index (κ1) is 18.3. The lowest BCUT2D eigenvalue weighted by atomic mass is 10.00. The third-order valence-electron chi connectivity index (χ3n) is 5.11. The van der Waals surface area contributed by atoms with Gasteiger partial charge >= 0.3 is 0 Å². The highest BCUT2D eigenvalue weighted by molar-refractivity contribution is 7.18. The Balaban J connectivity index is 1.39. The largest absolute Gasteiger partial charge is 0.490 e. The fourth-order valence-corrected chi connectivity index (χ4v) is 4.61. The van der Waals surface area contributed by atoms with Crippen molar-refractivity contribution in [2.45, 2.75) is 59.2 Å². The highest BCUT2D eigenvalue weighted by Gasteiger charge is 2.27. The summed E-state index contributed by atoms with van der Waals surface area (Å²) in [7, 11) is 0. The molecule has 1 saturated heterocycles. The molecule has 2 atom stereocenters. The van der Waals surface area contributed by atoms with E-state index < -0.39 is 0 Å². The van der Waals surface area contributed by atoms with Gasteiger partial charge < -0.3 is 4.74 Å². The number of aromatic nitrogens is 3. The monoisotopic (exact) mass is 382 g/mol. The maximum absolute atomic E-state index is 6.26. The van der Waals surface area contributed by atoms with Crippen LogP contribution in [0.5, 0.6) is 5.75 Å². The normalized spacial score (nSPS) is 20.9. The molecule has 27 heavy (non-hydrogen) atoms. The standard InChI is InChI=1S/C21H26N4OS/c1-13-9-19(10-14(2)22-13)26-18-7-8-25(15(3)11-18)12-17-5-6-20-21(24-17)23-16(4)27-20/h5-6,9-10,15,18H,7-8,11-12H2,1-4H3/t15-,18-/m0/s1. The predicted octanol–water partition coefficient (Wildman–Crippen LogP) is 4.44. The lowest BCUT2D eigenvalue weighted by molar-refractivity contribution is 0.0578. The van der Waals surface area contributed by atoms with Gasteiger partial charge in [-0.25, -0.2) is 9.97 Å². The summed E-state index contributed by atoms with van der Waals surface area (Å²) in [5, 5.41) is 1.07. The first-order valence-corrected chi connectivity index (χ1v) is 10.4. The summed E-state index contributed by atoms with van der Waals surface area (Å²) in [6, 6.07) is 8.80. The van der Waals surface area contributed by atoms with E-state index >= 15 is 0 Å². The van der Waals surface area contributed by atoms with Crippen LogP contribution in [0, 0.1) is 20.8 Å². The number of likely N-dealkylation sites (tertiary alicyclic amines) is 1. The van der Waals surface area contributed by atoms with E-state index in [1.54, 1.807) is 11.3 Å². The van der Waals surface area contributed by atoms with Gasteiger partial charge in [-0.1, -0.05) is 0 Å². The van der Waals surface area contributed by atoms with Crippen LogP contribution in [0.4, 0.5) is 0 Å². The molecule has 0 N–H and O–H groups in total. The fraction of sp³-hybridized carbons (Fsp3) is 0.476. The topological polar surface area (TPSA) is 51.1 Å². The van der Waals surface area contributed by atoms with Crippen molar-refractivity contribution in [3.05, 3.63) is 46.4 Å². The number of piperidine rings is 1.